The first-order chi connectivity index (χ1) is 12.2. The predicted molar refractivity (Wildman–Crippen MR) is 97.0 cm³/mol. The van der Waals surface area contributed by atoms with Crippen LogP contribution in [-0.2, 0) is 19.3 Å². The van der Waals surface area contributed by atoms with E-state index in [1.807, 2.05) is 19.1 Å². The highest BCUT2D eigenvalue weighted by Crippen LogP contribution is 2.12. The topological polar surface area (TPSA) is 85.2 Å². The Kier molecular flexibility index (Phi) is 16.3. The van der Waals surface area contributed by atoms with Crippen LogP contribution in [-0.4, -0.2) is 35.8 Å². The number of hydrogen-bond donors (Lipinski definition) is 2. The van der Waals surface area contributed by atoms with Crippen molar-refractivity contribution in [1.29, 1.82) is 0 Å². The summed E-state index contributed by atoms with van der Waals surface area (Å²) in [5.41, 5.74) is 0. The molecular formula is C19H32O6. The van der Waals surface area contributed by atoms with Gasteiger partial charge in [0.2, 0.25) is 0 Å². The van der Waals surface area contributed by atoms with E-state index in [1.165, 1.54) is 7.11 Å². The number of esters is 1. The third-order valence-corrected chi connectivity index (χ3v) is 3.65. The van der Waals surface area contributed by atoms with E-state index in [9.17, 15) is 4.79 Å². The first kappa shape index (κ1) is 23.5. The van der Waals surface area contributed by atoms with Crippen molar-refractivity contribution in [2.75, 3.05) is 7.11 Å². The van der Waals surface area contributed by atoms with Crippen LogP contribution < -0.4 is 0 Å². The molecule has 0 aliphatic heterocycles. The smallest absolute Gasteiger partial charge is 0.305 e. The summed E-state index contributed by atoms with van der Waals surface area (Å²) in [4.78, 5) is 19.7. The van der Waals surface area contributed by atoms with Gasteiger partial charge in [0.25, 0.3) is 0 Å². The molecular weight excluding hydrogens is 324 g/mol. The molecule has 0 rings (SSSR count). The maximum Gasteiger partial charge on any atom is 0.305 e. The summed E-state index contributed by atoms with van der Waals surface area (Å²) >= 11 is 0. The largest absolute Gasteiger partial charge is 0.469 e. The summed E-state index contributed by atoms with van der Waals surface area (Å²) in [5.74, 6) is -0.168. The second-order valence-electron chi connectivity index (χ2n) is 5.70. The molecule has 2 atom stereocenters. The number of hydrogen-bond acceptors (Lipinski definition) is 6. The molecule has 2 unspecified atom stereocenters. The zero-order valence-electron chi connectivity index (χ0n) is 15.3. The molecule has 0 heterocycles. The number of methoxy groups -OCH3 is 1. The molecule has 0 aliphatic rings. The van der Waals surface area contributed by atoms with Crippen LogP contribution in [0.15, 0.2) is 36.5 Å². The van der Waals surface area contributed by atoms with Gasteiger partial charge in [-0.3, -0.25) is 15.3 Å². The molecule has 0 saturated carbocycles. The van der Waals surface area contributed by atoms with E-state index >= 15 is 0 Å². The molecule has 0 fully saturated rings. The van der Waals surface area contributed by atoms with Gasteiger partial charge in [0.05, 0.1) is 7.11 Å². The van der Waals surface area contributed by atoms with Gasteiger partial charge in [-0.25, -0.2) is 9.78 Å². The summed E-state index contributed by atoms with van der Waals surface area (Å²) < 4.78 is 4.59. The van der Waals surface area contributed by atoms with E-state index in [0.29, 0.717) is 12.8 Å². The summed E-state index contributed by atoms with van der Waals surface area (Å²) in [5, 5.41) is 17.8. The third-order valence-electron chi connectivity index (χ3n) is 3.65. The Labute approximate surface area is 150 Å². The predicted octanol–water partition coefficient (Wildman–Crippen LogP) is 4.69. The Balaban J connectivity index is 3.97. The van der Waals surface area contributed by atoms with Crippen molar-refractivity contribution in [2.45, 2.75) is 70.5 Å². The van der Waals surface area contributed by atoms with Gasteiger partial charge in [-0.2, -0.15) is 0 Å². The average molecular weight is 356 g/mol. The Bertz CT molecular complexity index is 403. The molecule has 0 aromatic heterocycles. The fraction of sp³-hybridized carbons (Fsp3) is 0.632. The highest BCUT2D eigenvalue weighted by molar-refractivity contribution is 5.68. The van der Waals surface area contributed by atoms with Crippen molar-refractivity contribution in [3.63, 3.8) is 0 Å². The van der Waals surface area contributed by atoms with E-state index in [0.717, 1.165) is 38.5 Å². The van der Waals surface area contributed by atoms with Crippen LogP contribution in [0.1, 0.15) is 58.3 Å². The lowest BCUT2D eigenvalue weighted by Crippen LogP contribution is -2.10. The van der Waals surface area contributed by atoms with Gasteiger partial charge in [0, 0.05) is 6.42 Å². The number of rotatable bonds is 15. The van der Waals surface area contributed by atoms with E-state index in [1.54, 1.807) is 24.3 Å². The monoisotopic (exact) mass is 356 g/mol. The van der Waals surface area contributed by atoms with E-state index < -0.39 is 12.2 Å². The van der Waals surface area contributed by atoms with Gasteiger partial charge in [-0.1, -0.05) is 63.0 Å². The van der Waals surface area contributed by atoms with Crippen LogP contribution in [0.5, 0.6) is 0 Å². The molecule has 0 aliphatic carbocycles. The molecule has 0 saturated heterocycles. The minimum absolute atomic E-state index is 0.168. The highest BCUT2D eigenvalue weighted by atomic mass is 17.1. The molecule has 6 nitrogen and oxygen atoms in total. The maximum absolute atomic E-state index is 11.0. The highest BCUT2D eigenvalue weighted by Gasteiger charge is 2.07. The second kappa shape index (κ2) is 17.4. The van der Waals surface area contributed by atoms with Crippen LogP contribution in [0.25, 0.3) is 0 Å². The lowest BCUT2D eigenvalue weighted by molar-refractivity contribution is -0.268. The van der Waals surface area contributed by atoms with Gasteiger partial charge in [-0.15, -0.1) is 0 Å². The second-order valence-corrected chi connectivity index (χ2v) is 5.70. The zero-order valence-corrected chi connectivity index (χ0v) is 15.3. The number of allylic oxidation sites excluding steroid dienone is 3. The molecule has 0 aromatic rings. The van der Waals surface area contributed by atoms with Crippen LogP contribution in [0.2, 0.25) is 0 Å². The van der Waals surface area contributed by atoms with Gasteiger partial charge >= 0.3 is 5.97 Å². The van der Waals surface area contributed by atoms with Crippen LogP contribution >= 0.6 is 0 Å². The van der Waals surface area contributed by atoms with Crippen LogP contribution in [0.4, 0.5) is 0 Å². The Morgan fingerprint density at radius 2 is 1.68 bits per heavy atom. The lowest BCUT2D eigenvalue weighted by atomic mass is 10.1. The molecule has 0 radical (unpaired) electrons. The molecule has 0 bridgehead atoms. The summed E-state index contributed by atoms with van der Waals surface area (Å²) in [7, 11) is 1.40. The summed E-state index contributed by atoms with van der Waals surface area (Å²) in [6.07, 6.45) is 16.4. The van der Waals surface area contributed by atoms with Crippen LogP contribution in [0, 0.1) is 0 Å². The first-order valence-corrected chi connectivity index (χ1v) is 8.86. The van der Waals surface area contributed by atoms with Gasteiger partial charge in [0.1, 0.15) is 12.2 Å². The van der Waals surface area contributed by atoms with Crippen molar-refractivity contribution >= 4 is 5.97 Å². The van der Waals surface area contributed by atoms with E-state index in [2.05, 4.69) is 14.5 Å². The molecule has 2 N–H and O–H groups in total. The molecule has 0 aromatic carbocycles. The van der Waals surface area contributed by atoms with Crippen molar-refractivity contribution in [3.8, 4) is 0 Å². The molecule has 144 valence electrons. The molecule has 25 heavy (non-hydrogen) atoms. The molecule has 0 spiro atoms. The summed E-state index contributed by atoms with van der Waals surface area (Å²) in [6.45, 7) is 2.03. The number of carbonyl (C=O) groups excluding carboxylic acids is 1. The minimum atomic E-state index is -0.586. The van der Waals surface area contributed by atoms with Gasteiger partial charge in [0.15, 0.2) is 0 Å². The number of ether oxygens (including phenoxy) is 1. The van der Waals surface area contributed by atoms with Crippen molar-refractivity contribution in [3.05, 3.63) is 36.5 Å². The maximum atomic E-state index is 11.0. The molecule has 0 amide bonds. The van der Waals surface area contributed by atoms with E-state index in [4.69, 9.17) is 10.5 Å². The van der Waals surface area contributed by atoms with Gasteiger partial charge < -0.3 is 4.74 Å². The van der Waals surface area contributed by atoms with E-state index in [-0.39, 0.29) is 5.97 Å². The standard InChI is InChI=1S/C19H32O6/c1-3-4-5-9-12-17(24-21)15-16-18(25-22)13-10-7-6-8-11-14-19(20)23-2/h4-5,9,12,15-18,21-22H,3,6-8,10-11,13-14H2,1-2H3. The Hall–Kier alpha value is -1.47. The van der Waals surface area contributed by atoms with Crippen molar-refractivity contribution < 1.29 is 29.8 Å². The lowest BCUT2D eigenvalue weighted by Gasteiger charge is -2.10. The molecule has 6 heteroatoms. The Morgan fingerprint density at radius 3 is 2.32 bits per heavy atom. The first-order valence-electron chi connectivity index (χ1n) is 8.86. The van der Waals surface area contributed by atoms with Crippen molar-refractivity contribution in [1.82, 2.24) is 0 Å². The van der Waals surface area contributed by atoms with Crippen LogP contribution in [0.3, 0.4) is 0 Å². The average Bonchev–Trinajstić information content (AvgIpc) is 2.64. The number of carbonyl (C=O) groups is 1. The normalized spacial score (nSPS) is 14.6. The summed E-state index contributed by atoms with van der Waals surface area (Å²) in [6, 6.07) is 0. The zero-order chi connectivity index (χ0) is 18.8. The fourth-order valence-electron chi connectivity index (χ4n) is 2.19. The quantitative estimate of drug-likeness (QED) is 0.111. The fourth-order valence-corrected chi connectivity index (χ4v) is 2.19. The third kappa shape index (κ3) is 14.6. The SMILES string of the molecule is CCC=CC=CC(C=CC(CCCCCCCC(=O)OC)OO)OO. The Morgan fingerprint density at radius 1 is 0.960 bits per heavy atom. The number of unbranched alkanes of at least 4 members (excludes halogenated alkanes) is 4. The van der Waals surface area contributed by atoms with Crippen molar-refractivity contribution in [2.24, 2.45) is 0 Å². The minimum Gasteiger partial charge on any atom is -0.469 e. The van der Waals surface area contributed by atoms with Gasteiger partial charge in [-0.05, 0) is 25.3 Å².